The van der Waals surface area contributed by atoms with Gasteiger partial charge in [0.1, 0.15) is 11.2 Å². The average molecular weight is 342 g/mol. The summed E-state index contributed by atoms with van der Waals surface area (Å²) < 4.78 is 0. The van der Waals surface area contributed by atoms with E-state index in [1.807, 2.05) is 84.9 Å². The van der Waals surface area contributed by atoms with E-state index in [4.69, 9.17) is 0 Å². The lowest BCUT2D eigenvalue weighted by Crippen LogP contribution is -2.45. The minimum absolute atomic E-state index is 0.725. The molecule has 0 radical (unpaired) electrons. The molecule has 0 spiro atoms. The molecule has 4 aliphatic rings. The van der Waals surface area contributed by atoms with E-state index >= 15 is 0 Å². The van der Waals surface area contributed by atoms with E-state index < -0.39 is 11.2 Å². The molecular weight excluding hydrogens is 320 g/mol. The monoisotopic (exact) mass is 342 g/mol. The topological polar surface area (TPSA) is 40.5 Å². The fourth-order valence-corrected chi connectivity index (χ4v) is 3.80. The first-order valence-electron chi connectivity index (χ1n) is 8.84. The van der Waals surface area contributed by atoms with E-state index in [-0.39, 0.29) is 0 Å². The van der Waals surface area contributed by atoms with Crippen molar-refractivity contribution in [1.82, 2.24) is 0 Å². The number of fused-ring (bicyclic) bond motifs is 2. The number of rotatable bonds is 3. The van der Waals surface area contributed by atoms with E-state index in [1.54, 1.807) is 13.8 Å². The predicted octanol–water partition coefficient (Wildman–Crippen LogP) is 5.01. The largest absolute Gasteiger partial charge is 0.382 e. The molecule has 4 rings (SSSR count). The normalized spacial score (nSPS) is 16.3. The van der Waals surface area contributed by atoms with Crippen LogP contribution in [0.25, 0.3) is 22.3 Å². The molecule has 0 unspecified atom stereocenters. The Morgan fingerprint density at radius 1 is 0.500 bits per heavy atom. The Kier molecular flexibility index (Phi) is 3.83. The van der Waals surface area contributed by atoms with Gasteiger partial charge in [-0.1, -0.05) is 84.9 Å². The van der Waals surface area contributed by atoms with Gasteiger partial charge in [0.05, 0.1) is 0 Å². The first kappa shape index (κ1) is 16.8. The van der Waals surface area contributed by atoms with Gasteiger partial charge in [-0.15, -0.1) is 0 Å². The Balaban J connectivity index is 1.87. The summed E-state index contributed by atoms with van der Waals surface area (Å²) in [5, 5.41) is 23.1. The third kappa shape index (κ3) is 2.42. The van der Waals surface area contributed by atoms with E-state index in [2.05, 4.69) is 0 Å². The van der Waals surface area contributed by atoms with Gasteiger partial charge in [-0.2, -0.15) is 0 Å². The van der Waals surface area contributed by atoms with E-state index in [9.17, 15) is 10.2 Å². The predicted molar refractivity (Wildman–Crippen MR) is 105 cm³/mol. The second kappa shape index (κ2) is 5.94. The van der Waals surface area contributed by atoms with Crippen LogP contribution in [0, 0.1) is 0 Å². The van der Waals surface area contributed by atoms with Gasteiger partial charge in [-0.05, 0) is 47.2 Å². The van der Waals surface area contributed by atoms with Crippen LogP contribution in [0.3, 0.4) is 0 Å². The van der Waals surface area contributed by atoms with Crippen LogP contribution in [-0.2, 0) is 11.2 Å². The second-order valence-electron chi connectivity index (χ2n) is 7.20. The van der Waals surface area contributed by atoms with Crippen molar-refractivity contribution in [3.63, 3.8) is 0 Å². The van der Waals surface area contributed by atoms with Gasteiger partial charge in [0.15, 0.2) is 0 Å². The van der Waals surface area contributed by atoms with Crippen molar-refractivity contribution in [2.75, 3.05) is 0 Å². The highest BCUT2D eigenvalue weighted by molar-refractivity contribution is 5.74. The molecule has 0 aromatic carbocycles. The lowest BCUT2D eigenvalue weighted by atomic mass is 9.74. The molecule has 26 heavy (non-hydrogen) atoms. The van der Waals surface area contributed by atoms with Crippen molar-refractivity contribution in [3.8, 4) is 22.3 Å². The Morgan fingerprint density at radius 2 is 0.885 bits per heavy atom. The molecular formula is C24H22O2. The molecule has 2 heteroatoms. The number of hydrogen-bond acceptors (Lipinski definition) is 2. The SMILES string of the molecule is C[C@](O)(c1ccc2cccccc1-2)[C@@](C)(O)c1ccc2cccccc1-2. The molecule has 2 N–H and O–H groups in total. The molecule has 0 amide bonds. The van der Waals surface area contributed by atoms with Crippen molar-refractivity contribution in [3.05, 3.63) is 96.1 Å². The second-order valence-corrected chi connectivity index (χ2v) is 7.20. The third-order valence-corrected chi connectivity index (χ3v) is 5.58. The summed E-state index contributed by atoms with van der Waals surface area (Å²) in [6, 6.07) is 27.6. The Bertz CT molecular complexity index is 918. The van der Waals surface area contributed by atoms with Crippen molar-refractivity contribution in [2.24, 2.45) is 0 Å². The Hall–Kier alpha value is -2.68. The van der Waals surface area contributed by atoms with Crippen molar-refractivity contribution in [1.29, 1.82) is 0 Å². The fourth-order valence-electron chi connectivity index (χ4n) is 3.80. The molecule has 0 aliphatic heterocycles. The zero-order valence-corrected chi connectivity index (χ0v) is 15.0. The van der Waals surface area contributed by atoms with Gasteiger partial charge in [0, 0.05) is 0 Å². The molecule has 0 fully saturated rings. The van der Waals surface area contributed by atoms with E-state index in [0.29, 0.717) is 0 Å². The summed E-state index contributed by atoms with van der Waals surface area (Å²) in [6.07, 6.45) is 0. The quantitative estimate of drug-likeness (QED) is 0.549. The molecule has 0 aromatic rings. The van der Waals surface area contributed by atoms with Gasteiger partial charge >= 0.3 is 0 Å². The lowest BCUT2D eigenvalue weighted by Gasteiger charge is -2.39. The van der Waals surface area contributed by atoms with Crippen LogP contribution in [0.15, 0.2) is 84.9 Å². The average Bonchev–Trinajstić information content (AvgIpc) is 3.03. The summed E-state index contributed by atoms with van der Waals surface area (Å²) in [5.41, 5.74) is 2.51. The Morgan fingerprint density at radius 3 is 1.31 bits per heavy atom. The van der Waals surface area contributed by atoms with Crippen LogP contribution in [0.2, 0.25) is 0 Å². The van der Waals surface area contributed by atoms with Crippen LogP contribution >= 0.6 is 0 Å². The van der Waals surface area contributed by atoms with Gasteiger partial charge in [0.25, 0.3) is 0 Å². The third-order valence-electron chi connectivity index (χ3n) is 5.58. The maximum absolute atomic E-state index is 11.5. The molecule has 0 saturated heterocycles. The van der Waals surface area contributed by atoms with Gasteiger partial charge in [-0.25, -0.2) is 0 Å². The minimum Gasteiger partial charge on any atom is -0.382 e. The zero-order chi connectivity index (χ0) is 18.4. The van der Waals surface area contributed by atoms with Crippen molar-refractivity contribution >= 4 is 0 Å². The maximum Gasteiger partial charge on any atom is 0.120 e. The highest BCUT2D eigenvalue weighted by atomic mass is 16.4. The lowest BCUT2D eigenvalue weighted by molar-refractivity contribution is -0.142. The van der Waals surface area contributed by atoms with Crippen molar-refractivity contribution < 1.29 is 10.2 Å². The summed E-state index contributed by atoms with van der Waals surface area (Å²) >= 11 is 0. The number of hydrogen-bond donors (Lipinski definition) is 2. The Labute approximate surface area is 154 Å². The van der Waals surface area contributed by atoms with Crippen molar-refractivity contribution in [2.45, 2.75) is 25.0 Å². The standard InChI is InChI=1S/C24H22O2/c1-23(25,21-15-13-17-9-5-3-7-11-19(17)21)24(2,26)22-16-14-18-10-6-4-8-12-20(18)22/h3-16,25-26H,1-2H3/t23-,24-/m0/s1. The summed E-state index contributed by atoms with van der Waals surface area (Å²) in [4.78, 5) is 0. The van der Waals surface area contributed by atoms with Gasteiger partial charge in [0.2, 0.25) is 0 Å². The van der Waals surface area contributed by atoms with E-state index in [0.717, 1.165) is 33.4 Å². The molecule has 130 valence electrons. The molecule has 0 heterocycles. The molecule has 2 nitrogen and oxygen atoms in total. The first-order chi connectivity index (χ1) is 12.4. The zero-order valence-electron chi connectivity index (χ0n) is 15.0. The summed E-state index contributed by atoms with van der Waals surface area (Å²) in [6.45, 7) is 3.38. The van der Waals surface area contributed by atoms with Crippen LogP contribution in [-0.4, -0.2) is 10.2 Å². The fraction of sp³-hybridized carbons (Fsp3) is 0.167. The van der Waals surface area contributed by atoms with Crippen LogP contribution in [0.5, 0.6) is 0 Å². The molecule has 0 aromatic heterocycles. The van der Waals surface area contributed by atoms with E-state index in [1.165, 1.54) is 0 Å². The first-order valence-corrected chi connectivity index (χ1v) is 8.84. The van der Waals surface area contributed by atoms with Gasteiger partial charge < -0.3 is 10.2 Å². The van der Waals surface area contributed by atoms with Crippen LogP contribution in [0.4, 0.5) is 0 Å². The molecule has 4 aliphatic carbocycles. The highest BCUT2D eigenvalue weighted by Crippen LogP contribution is 2.48. The smallest absolute Gasteiger partial charge is 0.120 e. The molecule has 0 saturated carbocycles. The number of aliphatic hydroxyl groups is 2. The van der Waals surface area contributed by atoms with Crippen LogP contribution in [0.1, 0.15) is 25.0 Å². The van der Waals surface area contributed by atoms with Gasteiger partial charge in [-0.3, -0.25) is 0 Å². The van der Waals surface area contributed by atoms with Crippen LogP contribution < -0.4 is 0 Å². The summed E-state index contributed by atoms with van der Waals surface area (Å²) in [5.74, 6) is 0. The molecule has 0 bridgehead atoms. The summed E-state index contributed by atoms with van der Waals surface area (Å²) in [7, 11) is 0. The highest BCUT2D eigenvalue weighted by Gasteiger charge is 2.47. The molecule has 2 atom stereocenters. The maximum atomic E-state index is 11.5. The minimum atomic E-state index is -1.46.